The molecule has 0 amide bonds. The summed E-state index contributed by atoms with van der Waals surface area (Å²) in [4.78, 5) is 11.3. The molecule has 0 saturated carbocycles. The van der Waals surface area contributed by atoms with Crippen molar-refractivity contribution in [1.29, 1.82) is 5.26 Å². The van der Waals surface area contributed by atoms with Crippen molar-refractivity contribution in [3.05, 3.63) is 53.6 Å². The molecule has 2 aromatic carbocycles. The lowest BCUT2D eigenvalue weighted by molar-refractivity contribution is 0.0597. The average molecular weight is 332 g/mol. The van der Waals surface area contributed by atoms with Crippen LogP contribution in [-0.2, 0) is 14.8 Å². The Labute approximate surface area is 132 Å². The molecule has 0 radical (unpaired) electrons. The van der Waals surface area contributed by atoms with Gasteiger partial charge in [0.15, 0.2) is 0 Å². The first-order valence-corrected chi connectivity index (χ1v) is 7.80. The maximum atomic E-state index is 12.3. The minimum atomic E-state index is -3.93. The smallest absolute Gasteiger partial charge is 0.341 e. The molecule has 0 aliphatic heterocycles. The van der Waals surface area contributed by atoms with Crippen LogP contribution < -0.4 is 4.72 Å². The quantitative estimate of drug-likeness (QED) is 0.825. The van der Waals surface area contributed by atoms with Crippen LogP contribution in [-0.4, -0.2) is 26.6 Å². The lowest BCUT2D eigenvalue weighted by Gasteiger charge is -2.10. The number of esters is 1. The third-order valence-electron chi connectivity index (χ3n) is 2.93. The highest BCUT2D eigenvalue weighted by atomic mass is 32.2. The fourth-order valence-corrected chi connectivity index (χ4v) is 2.92. The summed E-state index contributed by atoms with van der Waals surface area (Å²) in [6.45, 7) is 0. The number of hydrogen-bond donors (Lipinski definition) is 2. The third kappa shape index (κ3) is 3.59. The van der Waals surface area contributed by atoms with Crippen molar-refractivity contribution in [2.24, 2.45) is 0 Å². The maximum Gasteiger partial charge on any atom is 0.341 e. The summed E-state index contributed by atoms with van der Waals surface area (Å²) in [6, 6.07) is 11.0. The second-order valence-corrected chi connectivity index (χ2v) is 6.15. The van der Waals surface area contributed by atoms with E-state index in [1.807, 2.05) is 6.07 Å². The van der Waals surface area contributed by atoms with Gasteiger partial charge in [-0.2, -0.15) is 5.26 Å². The molecule has 2 rings (SSSR count). The van der Waals surface area contributed by atoms with E-state index in [2.05, 4.69) is 9.46 Å². The number of nitriles is 1. The van der Waals surface area contributed by atoms with E-state index in [9.17, 15) is 18.3 Å². The normalized spacial score (nSPS) is 10.6. The monoisotopic (exact) mass is 332 g/mol. The van der Waals surface area contributed by atoms with E-state index >= 15 is 0 Å². The Morgan fingerprint density at radius 2 is 2.00 bits per heavy atom. The molecule has 0 unspecified atom stereocenters. The molecular weight excluding hydrogens is 320 g/mol. The van der Waals surface area contributed by atoms with Crippen LogP contribution in [0.3, 0.4) is 0 Å². The van der Waals surface area contributed by atoms with Gasteiger partial charge in [-0.1, -0.05) is 6.07 Å². The van der Waals surface area contributed by atoms with E-state index in [1.165, 1.54) is 43.5 Å². The Hall–Kier alpha value is -3.05. The number of sulfonamides is 1. The lowest BCUT2D eigenvalue weighted by atomic mass is 10.2. The number of phenols is 1. The number of anilines is 1. The van der Waals surface area contributed by atoms with Crippen LogP contribution in [0, 0.1) is 11.3 Å². The first-order chi connectivity index (χ1) is 10.9. The van der Waals surface area contributed by atoms with Crippen LogP contribution in [0.1, 0.15) is 15.9 Å². The number of rotatable bonds is 4. The molecule has 0 fully saturated rings. The van der Waals surface area contributed by atoms with Gasteiger partial charge < -0.3 is 9.84 Å². The fraction of sp³-hybridized carbons (Fsp3) is 0.0667. The molecule has 118 valence electrons. The van der Waals surface area contributed by atoms with Gasteiger partial charge in [-0.3, -0.25) is 4.72 Å². The van der Waals surface area contributed by atoms with Crippen molar-refractivity contribution in [2.45, 2.75) is 4.90 Å². The Morgan fingerprint density at radius 3 is 2.61 bits per heavy atom. The van der Waals surface area contributed by atoms with Gasteiger partial charge in [0, 0.05) is 6.07 Å². The van der Waals surface area contributed by atoms with Crippen LogP contribution in [0.2, 0.25) is 0 Å². The second kappa shape index (κ2) is 6.37. The van der Waals surface area contributed by atoms with E-state index < -0.39 is 21.7 Å². The molecule has 0 aromatic heterocycles. The minimum absolute atomic E-state index is 0.0671. The van der Waals surface area contributed by atoms with E-state index in [0.29, 0.717) is 0 Å². The van der Waals surface area contributed by atoms with Crippen LogP contribution >= 0.6 is 0 Å². The van der Waals surface area contributed by atoms with Crippen molar-refractivity contribution in [3.8, 4) is 11.8 Å². The second-order valence-electron chi connectivity index (χ2n) is 4.47. The Bertz CT molecular complexity index is 900. The number of ether oxygens (including phenoxy) is 1. The summed E-state index contributed by atoms with van der Waals surface area (Å²) in [5.41, 5.74) is 0.191. The molecule has 2 aromatic rings. The van der Waals surface area contributed by atoms with E-state index in [4.69, 9.17) is 5.26 Å². The highest BCUT2D eigenvalue weighted by Gasteiger charge is 2.17. The number of benzene rings is 2. The zero-order valence-corrected chi connectivity index (χ0v) is 12.8. The molecule has 8 heteroatoms. The summed E-state index contributed by atoms with van der Waals surface area (Å²) in [7, 11) is -2.76. The van der Waals surface area contributed by atoms with Crippen molar-refractivity contribution in [1.82, 2.24) is 0 Å². The predicted molar refractivity (Wildman–Crippen MR) is 81.4 cm³/mol. The molecule has 0 bridgehead atoms. The standard InChI is InChI=1S/C15H12N2O5S/c1-22-15(19)13-6-5-11(8-14(13)18)17-23(20,21)12-4-2-3-10(7-12)9-16/h2-8,17-18H,1H3. The molecule has 7 nitrogen and oxygen atoms in total. The van der Waals surface area contributed by atoms with Gasteiger partial charge in [-0.15, -0.1) is 0 Å². The highest BCUT2D eigenvalue weighted by molar-refractivity contribution is 7.92. The number of phenolic OH excluding ortho intramolecular Hbond substituents is 1. The summed E-state index contributed by atoms with van der Waals surface area (Å²) in [6.07, 6.45) is 0. The van der Waals surface area contributed by atoms with Crippen LogP contribution in [0.4, 0.5) is 5.69 Å². The fourth-order valence-electron chi connectivity index (χ4n) is 1.82. The number of hydrogen-bond acceptors (Lipinski definition) is 6. The van der Waals surface area contributed by atoms with Gasteiger partial charge in [0.2, 0.25) is 0 Å². The number of nitrogens with zero attached hydrogens (tertiary/aromatic N) is 1. The molecule has 0 aliphatic rings. The van der Waals surface area contributed by atoms with Gasteiger partial charge >= 0.3 is 5.97 Å². The van der Waals surface area contributed by atoms with Gasteiger partial charge in [0.25, 0.3) is 10.0 Å². The summed E-state index contributed by atoms with van der Waals surface area (Å²) in [5.74, 6) is -1.15. The van der Waals surface area contributed by atoms with Gasteiger partial charge in [-0.25, -0.2) is 13.2 Å². The molecule has 0 heterocycles. The maximum absolute atomic E-state index is 12.3. The molecule has 0 aliphatic carbocycles. The Kier molecular flexibility index (Phi) is 4.52. The number of nitrogens with one attached hydrogen (secondary N) is 1. The molecule has 23 heavy (non-hydrogen) atoms. The molecule has 0 atom stereocenters. The molecule has 0 spiro atoms. The summed E-state index contributed by atoms with van der Waals surface area (Å²) in [5, 5.41) is 18.6. The topological polar surface area (TPSA) is 116 Å². The van der Waals surface area contributed by atoms with Crippen molar-refractivity contribution in [2.75, 3.05) is 11.8 Å². The zero-order chi connectivity index (χ0) is 17.0. The third-order valence-corrected chi connectivity index (χ3v) is 4.31. The van der Waals surface area contributed by atoms with Gasteiger partial charge in [0.05, 0.1) is 29.3 Å². The first-order valence-electron chi connectivity index (χ1n) is 6.31. The number of methoxy groups -OCH3 is 1. The van der Waals surface area contributed by atoms with Crippen LogP contribution in [0.5, 0.6) is 5.75 Å². The zero-order valence-electron chi connectivity index (χ0n) is 12.0. The summed E-state index contributed by atoms with van der Waals surface area (Å²) < 4.78 is 31.3. The van der Waals surface area contributed by atoms with Crippen molar-refractivity contribution >= 4 is 21.7 Å². The SMILES string of the molecule is COC(=O)c1ccc(NS(=O)(=O)c2cccc(C#N)c2)cc1O. The molecular formula is C15H12N2O5S. The van der Waals surface area contributed by atoms with Gasteiger partial charge in [0.1, 0.15) is 11.3 Å². The predicted octanol–water partition coefficient (Wildman–Crippen LogP) is 1.85. The van der Waals surface area contributed by atoms with Crippen LogP contribution in [0.25, 0.3) is 0 Å². The number of carbonyl (C=O) groups is 1. The van der Waals surface area contributed by atoms with E-state index in [1.54, 1.807) is 0 Å². The Balaban J connectivity index is 2.32. The summed E-state index contributed by atoms with van der Waals surface area (Å²) >= 11 is 0. The highest BCUT2D eigenvalue weighted by Crippen LogP contribution is 2.24. The Morgan fingerprint density at radius 1 is 1.26 bits per heavy atom. The number of carbonyl (C=O) groups excluding carboxylic acids is 1. The largest absolute Gasteiger partial charge is 0.507 e. The molecule has 0 saturated heterocycles. The lowest BCUT2D eigenvalue weighted by Crippen LogP contribution is -2.13. The van der Waals surface area contributed by atoms with Crippen molar-refractivity contribution in [3.63, 3.8) is 0 Å². The minimum Gasteiger partial charge on any atom is -0.507 e. The van der Waals surface area contributed by atoms with Gasteiger partial charge in [-0.05, 0) is 30.3 Å². The first kappa shape index (κ1) is 16.3. The average Bonchev–Trinajstić information content (AvgIpc) is 2.54. The van der Waals surface area contributed by atoms with Crippen molar-refractivity contribution < 1.29 is 23.1 Å². The van der Waals surface area contributed by atoms with E-state index in [0.717, 1.165) is 6.07 Å². The van der Waals surface area contributed by atoms with E-state index in [-0.39, 0.29) is 21.7 Å². The molecule has 2 N–H and O–H groups in total. The number of aromatic hydroxyl groups is 1. The van der Waals surface area contributed by atoms with Crippen LogP contribution in [0.15, 0.2) is 47.4 Å².